The molecular formula is C18H22N2O. The third-order valence-corrected chi connectivity index (χ3v) is 3.39. The highest BCUT2D eigenvalue weighted by molar-refractivity contribution is 5.42. The summed E-state index contributed by atoms with van der Waals surface area (Å²) in [5.41, 5.74) is 2.94. The second-order valence-corrected chi connectivity index (χ2v) is 5.19. The highest BCUT2D eigenvalue weighted by Gasteiger charge is 1.95. The van der Waals surface area contributed by atoms with Gasteiger partial charge in [-0.25, -0.2) is 0 Å². The van der Waals surface area contributed by atoms with Crippen LogP contribution in [0.4, 0.5) is 11.4 Å². The maximum Gasteiger partial charge on any atom is 0.115 e. The van der Waals surface area contributed by atoms with Gasteiger partial charge in [0.2, 0.25) is 0 Å². The summed E-state index contributed by atoms with van der Waals surface area (Å²) in [6.45, 7) is 2.23. The summed E-state index contributed by atoms with van der Waals surface area (Å²) in [7, 11) is 0. The number of hydrogen-bond acceptors (Lipinski definition) is 3. The van der Waals surface area contributed by atoms with Crippen LogP contribution in [0.2, 0.25) is 0 Å². The van der Waals surface area contributed by atoms with E-state index in [-0.39, 0.29) is 5.75 Å². The largest absolute Gasteiger partial charge is 0.508 e. The first-order valence-electron chi connectivity index (χ1n) is 7.57. The molecule has 3 heteroatoms. The summed E-state index contributed by atoms with van der Waals surface area (Å²) in [4.78, 5) is 0. The molecule has 2 aromatic carbocycles. The number of hydrogen-bond donors (Lipinski definition) is 1. The predicted octanol–water partition coefficient (Wildman–Crippen LogP) is 5.93. The first-order valence-corrected chi connectivity index (χ1v) is 7.57. The molecule has 0 heterocycles. The molecule has 2 aromatic rings. The van der Waals surface area contributed by atoms with Crippen molar-refractivity contribution < 1.29 is 5.11 Å². The molecule has 0 aliphatic rings. The van der Waals surface area contributed by atoms with Crippen LogP contribution in [0, 0.1) is 0 Å². The quantitative estimate of drug-likeness (QED) is 0.496. The fraction of sp³-hybridized carbons (Fsp3) is 0.333. The molecule has 0 amide bonds. The number of phenolic OH excluding ortho intramolecular Hbond substituents is 1. The summed E-state index contributed by atoms with van der Waals surface area (Å²) in [5, 5.41) is 17.6. The third kappa shape index (κ3) is 5.38. The van der Waals surface area contributed by atoms with E-state index in [0.29, 0.717) is 0 Å². The van der Waals surface area contributed by atoms with Crippen LogP contribution < -0.4 is 0 Å². The topological polar surface area (TPSA) is 45.0 Å². The van der Waals surface area contributed by atoms with Gasteiger partial charge < -0.3 is 5.11 Å². The van der Waals surface area contributed by atoms with Gasteiger partial charge in [0.05, 0.1) is 11.4 Å². The number of rotatable bonds is 7. The summed E-state index contributed by atoms with van der Waals surface area (Å²) in [5.74, 6) is 0.237. The molecule has 110 valence electrons. The summed E-state index contributed by atoms with van der Waals surface area (Å²) >= 11 is 0. The number of azo groups is 1. The van der Waals surface area contributed by atoms with Gasteiger partial charge >= 0.3 is 0 Å². The second-order valence-electron chi connectivity index (χ2n) is 5.19. The molecule has 0 bridgehead atoms. The molecule has 0 fully saturated rings. The van der Waals surface area contributed by atoms with Gasteiger partial charge in [0.25, 0.3) is 0 Å². The van der Waals surface area contributed by atoms with E-state index in [1.165, 1.54) is 31.2 Å². The zero-order chi connectivity index (χ0) is 14.9. The van der Waals surface area contributed by atoms with Crippen molar-refractivity contribution in [2.45, 2.75) is 39.0 Å². The predicted molar refractivity (Wildman–Crippen MR) is 86.6 cm³/mol. The Morgan fingerprint density at radius 2 is 1.33 bits per heavy atom. The van der Waals surface area contributed by atoms with E-state index in [2.05, 4.69) is 29.3 Å². The molecule has 0 unspecified atom stereocenters. The lowest BCUT2D eigenvalue weighted by atomic mass is 10.1. The van der Waals surface area contributed by atoms with Crippen molar-refractivity contribution in [3.63, 3.8) is 0 Å². The minimum absolute atomic E-state index is 0.237. The molecule has 0 atom stereocenters. The number of aromatic hydroxyl groups is 1. The molecule has 1 N–H and O–H groups in total. The Morgan fingerprint density at radius 1 is 0.762 bits per heavy atom. The Hall–Kier alpha value is -2.16. The van der Waals surface area contributed by atoms with Crippen molar-refractivity contribution >= 4 is 11.4 Å². The van der Waals surface area contributed by atoms with Gasteiger partial charge in [0.1, 0.15) is 5.75 Å². The van der Waals surface area contributed by atoms with Gasteiger partial charge in [-0.3, -0.25) is 0 Å². The van der Waals surface area contributed by atoms with Crippen molar-refractivity contribution in [3.05, 3.63) is 54.1 Å². The first kappa shape index (κ1) is 15.2. The highest BCUT2D eigenvalue weighted by atomic mass is 16.3. The second kappa shape index (κ2) is 8.20. The van der Waals surface area contributed by atoms with Crippen LogP contribution in [0.3, 0.4) is 0 Å². The maximum absolute atomic E-state index is 9.20. The smallest absolute Gasteiger partial charge is 0.115 e. The van der Waals surface area contributed by atoms with E-state index in [0.717, 1.165) is 17.8 Å². The van der Waals surface area contributed by atoms with Crippen LogP contribution in [-0.2, 0) is 6.42 Å². The normalized spacial score (nSPS) is 11.1. The molecule has 2 rings (SSSR count). The van der Waals surface area contributed by atoms with Crippen molar-refractivity contribution in [2.75, 3.05) is 0 Å². The molecule has 0 saturated heterocycles. The van der Waals surface area contributed by atoms with Crippen LogP contribution in [0.25, 0.3) is 0 Å². The summed E-state index contributed by atoms with van der Waals surface area (Å²) in [6.07, 6.45) is 6.28. The van der Waals surface area contributed by atoms with Gasteiger partial charge in [0.15, 0.2) is 0 Å². The Bertz CT molecular complexity index is 559. The Labute approximate surface area is 126 Å². The fourth-order valence-electron chi connectivity index (χ4n) is 2.12. The molecule has 0 aliphatic carbocycles. The Morgan fingerprint density at radius 3 is 1.90 bits per heavy atom. The Balaban J connectivity index is 1.88. The lowest BCUT2D eigenvalue weighted by molar-refractivity contribution is 0.475. The zero-order valence-electron chi connectivity index (χ0n) is 12.5. The average Bonchev–Trinajstić information content (AvgIpc) is 2.52. The first-order chi connectivity index (χ1) is 10.3. The van der Waals surface area contributed by atoms with Crippen LogP contribution in [0.15, 0.2) is 58.8 Å². The van der Waals surface area contributed by atoms with Crippen LogP contribution in [0.5, 0.6) is 5.75 Å². The SMILES string of the molecule is CCCCCCc1ccc(/N=N/c2ccc(O)cc2)cc1. The van der Waals surface area contributed by atoms with Crippen molar-refractivity contribution in [3.8, 4) is 5.75 Å². The van der Waals surface area contributed by atoms with Crippen LogP contribution in [-0.4, -0.2) is 5.11 Å². The van der Waals surface area contributed by atoms with Gasteiger partial charge in [-0.05, 0) is 54.8 Å². The van der Waals surface area contributed by atoms with Crippen molar-refractivity contribution in [1.29, 1.82) is 0 Å². The van der Waals surface area contributed by atoms with Gasteiger partial charge in [0, 0.05) is 0 Å². The number of aryl methyl sites for hydroxylation is 1. The third-order valence-electron chi connectivity index (χ3n) is 3.39. The van der Waals surface area contributed by atoms with E-state index in [1.54, 1.807) is 24.3 Å². The lowest BCUT2D eigenvalue weighted by Gasteiger charge is -2.01. The molecule has 0 saturated carbocycles. The monoisotopic (exact) mass is 282 g/mol. The summed E-state index contributed by atoms with van der Waals surface area (Å²) in [6, 6.07) is 14.9. The maximum atomic E-state index is 9.20. The zero-order valence-corrected chi connectivity index (χ0v) is 12.5. The van der Waals surface area contributed by atoms with E-state index in [9.17, 15) is 5.11 Å². The highest BCUT2D eigenvalue weighted by Crippen LogP contribution is 2.21. The minimum atomic E-state index is 0.237. The lowest BCUT2D eigenvalue weighted by Crippen LogP contribution is -1.84. The van der Waals surface area contributed by atoms with E-state index >= 15 is 0 Å². The molecule has 0 spiro atoms. The van der Waals surface area contributed by atoms with E-state index in [1.807, 2.05) is 12.1 Å². The van der Waals surface area contributed by atoms with Crippen LogP contribution >= 0.6 is 0 Å². The molecule has 0 aromatic heterocycles. The van der Waals surface area contributed by atoms with E-state index in [4.69, 9.17) is 0 Å². The molecule has 21 heavy (non-hydrogen) atoms. The fourth-order valence-corrected chi connectivity index (χ4v) is 2.12. The number of phenols is 1. The molecule has 0 radical (unpaired) electrons. The molecular weight excluding hydrogens is 260 g/mol. The summed E-state index contributed by atoms with van der Waals surface area (Å²) < 4.78 is 0. The number of benzene rings is 2. The minimum Gasteiger partial charge on any atom is -0.508 e. The molecule has 0 aliphatic heterocycles. The number of unbranched alkanes of at least 4 members (excludes halogenated alkanes) is 3. The average molecular weight is 282 g/mol. The Kier molecular flexibility index (Phi) is 5.95. The van der Waals surface area contributed by atoms with Gasteiger partial charge in [-0.1, -0.05) is 38.3 Å². The molecule has 3 nitrogen and oxygen atoms in total. The van der Waals surface area contributed by atoms with Crippen molar-refractivity contribution in [1.82, 2.24) is 0 Å². The van der Waals surface area contributed by atoms with Gasteiger partial charge in [-0.2, -0.15) is 10.2 Å². The number of nitrogens with zero attached hydrogens (tertiary/aromatic N) is 2. The standard InChI is InChI=1S/C18H22N2O/c1-2-3-4-5-6-15-7-9-16(10-8-15)19-20-17-11-13-18(21)14-12-17/h7-14,21H,2-6H2,1H3/b20-19+. The van der Waals surface area contributed by atoms with E-state index < -0.39 is 0 Å². The van der Waals surface area contributed by atoms with Crippen molar-refractivity contribution in [2.24, 2.45) is 10.2 Å². The van der Waals surface area contributed by atoms with Gasteiger partial charge in [-0.15, -0.1) is 0 Å². The van der Waals surface area contributed by atoms with Crippen LogP contribution in [0.1, 0.15) is 38.2 Å².